The Kier molecular flexibility index (Phi) is 51.1. The average molecular weight is 1420 g/mol. The molecule has 0 heterocycles. The molecule has 0 spiro atoms. The maximum absolute atomic E-state index is 11.9. The van der Waals surface area contributed by atoms with Gasteiger partial charge in [0.05, 0.1) is 36.1 Å². The van der Waals surface area contributed by atoms with Gasteiger partial charge in [-0.15, -0.1) is 0 Å². The number of alkyl halides is 1. The summed E-state index contributed by atoms with van der Waals surface area (Å²) < 4.78 is 18.2. The normalized spacial score (nSPS) is 12.0. The van der Waals surface area contributed by atoms with Gasteiger partial charge in [-0.05, 0) is 116 Å². The number of hydrogen-bond donors (Lipinski definition) is 0. The van der Waals surface area contributed by atoms with Crippen molar-refractivity contribution in [1.82, 2.24) is 0 Å². The minimum atomic E-state index is -0.296. The van der Waals surface area contributed by atoms with E-state index in [-0.39, 0.29) is 236 Å². The van der Waals surface area contributed by atoms with Crippen molar-refractivity contribution in [2.45, 2.75) is 140 Å². The van der Waals surface area contributed by atoms with Gasteiger partial charge in [0.1, 0.15) is 17.3 Å². The number of ketones is 3. The first-order valence-electron chi connectivity index (χ1n) is 20.8. The molecule has 0 fully saturated rings. The van der Waals surface area contributed by atoms with Crippen molar-refractivity contribution in [2.24, 2.45) is 17.8 Å². The molecule has 0 saturated heterocycles. The van der Waals surface area contributed by atoms with Crippen LogP contribution in [0.25, 0.3) is 0 Å². The van der Waals surface area contributed by atoms with Gasteiger partial charge in [0.15, 0.2) is 0 Å². The van der Waals surface area contributed by atoms with Gasteiger partial charge < -0.3 is 25.8 Å². The van der Waals surface area contributed by atoms with Crippen LogP contribution in [0.5, 0.6) is 0 Å². The van der Waals surface area contributed by atoms with Crippen LogP contribution in [0, 0.1) is 17.8 Å². The summed E-state index contributed by atoms with van der Waals surface area (Å²) in [5, 5.41) is 8.43. The Hall–Kier alpha value is 0.304. The first-order chi connectivity index (χ1) is 29.9. The van der Waals surface area contributed by atoms with E-state index in [1.165, 1.54) is 0 Å². The second-order valence-corrected chi connectivity index (χ2v) is 18.5. The Balaban J connectivity index is -0.000000186. The van der Waals surface area contributed by atoms with Gasteiger partial charge in [-0.1, -0.05) is 137 Å². The number of benzene rings is 3. The molecule has 0 radical (unpaired) electrons. The SMILES string of the molecule is C.CC(=O)C(CC(C)C(=O)OC(C)C)c1ccc(Br)cc1.CC(=O)C(CC(C)C(=O)OC(C)C)c1ccccc1.CC(=O)Cc1ccc(Br)cc1.CC(C)OC(=O)C(C)CI.O=CO[O-].[Cs+].[Cs+].[H-]. The van der Waals surface area contributed by atoms with Gasteiger partial charge in [-0.25, -0.2) is 0 Å². The summed E-state index contributed by atoms with van der Waals surface area (Å²) in [7, 11) is 0. The van der Waals surface area contributed by atoms with Crippen LogP contribution in [0.2, 0.25) is 0 Å². The average Bonchev–Trinajstić information content (AvgIpc) is 3.22. The van der Waals surface area contributed by atoms with Gasteiger partial charge in [-0.2, -0.15) is 0 Å². The molecule has 366 valence electrons. The van der Waals surface area contributed by atoms with Crippen molar-refractivity contribution >= 4 is 96.2 Å². The first kappa shape index (κ1) is 76.2. The van der Waals surface area contributed by atoms with Crippen LogP contribution in [0.15, 0.2) is 87.8 Å². The molecule has 0 aliphatic heterocycles. The number of halogens is 3. The summed E-state index contributed by atoms with van der Waals surface area (Å²) in [4.78, 5) is 80.2. The molecule has 0 aliphatic carbocycles. The molecular formula is C50H71Br2Cs2IO12. The van der Waals surface area contributed by atoms with Crippen molar-refractivity contribution in [3.8, 4) is 0 Å². The van der Waals surface area contributed by atoms with Crippen LogP contribution in [0.4, 0.5) is 0 Å². The molecular weight excluding hydrogens is 1350 g/mol. The van der Waals surface area contributed by atoms with Crippen LogP contribution in [0.3, 0.4) is 0 Å². The molecule has 3 aromatic rings. The molecule has 3 aromatic carbocycles. The van der Waals surface area contributed by atoms with E-state index in [0.29, 0.717) is 19.3 Å². The summed E-state index contributed by atoms with van der Waals surface area (Å²) in [6.07, 6.45) is 1.26. The fourth-order valence-electron chi connectivity index (χ4n) is 5.35. The second-order valence-electron chi connectivity index (χ2n) is 15.8. The Bertz CT molecular complexity index is 1840. The zero-order valence-electron chi connectivity index (χ0n) is 42.1. The van der Waals surface area contributed by atoms with Crippen molar-refractivity contribution in [3.63, 3.8) is 0 Å². The fourth-order valence-corrected chi connectivity index (χ4v) is 6.24. The van der Waals surface area contributed by atoms with E-state index < -0.39 is 0 Å². The molecule has 0 aliphatic rings. The van der Waals surface area contributed by atoms with E-state index in [4.69, 9.17) is 24.3 Å². The van der Waals surface area contributed by atoms with Crippen LogP contribution < -0.4 is 143 Å². The standard InChI is InChI=1S/C16H21BrO3.C16H22O3.C9H9BrO.C7H13IO2.CH2O3.CH4.2Cs.H/c1-10(2)20-16(19)11(3)9-15(12(4)18)13-5-7-14(17)8-6-13;1-11(2)19-16(18)12(3)10-15(13(4)17)14-8-6-5-7-9-14;1-7(11)6-8-2-4-9(10)5-3-8;1-5(2)10-7(9)6(3)4-8;2-1-4-3;;;;/h5-8,10-11,15H,9H2,1-4H3;5-9,11-12,15H,10H2,1-4H3;2-5H,6H2,1H3;5-6H,4H2,1-3H3;1,3H;1H4;;;/q;;;;;;2*+1;-1/p-1. The molecule has 0 amide bonds. The minimum Gasteiger partial charge on any atom is -1.00 e. The maximum atomic E-state index is 11.9. The van der Waals surface area contributed by atoms with E-state index >= 15 is 0 Å². The zero-order valence-corrected chi connectivity index (χ0v) is 59.0. The quantitative estimate of drug-likeness (QED) is 0.0309. The number of carbonyl (C=O) groups excluding carboxylic acids is 7. The molecule has 0 N–H and O–H groups in total. The van der Waals surface area contributed by atoms with Crippen LogP contribution in [-0.4, -0.2) is 64.5 Å². The smallest absolute Gasteiger partial charge is 1.00 e. The zero-order chi connectivity index (χ0) is 49.5. The van der Waals surface area contributed by atoms with Gasteiger partial charge >= 0.3 is 156 Å². The van der Waals surface area contributed by atoms with E-state index in [1.54, 1.807) is 27.7 Å². The van der Waals surface area contributed by atoms with E-state index in [9.17, 15) is 28.8 Å². The molecule has 12 nitrogen and oxygen atoms in total. The third-order valence-corrected chi connectivity index (χ3v) is 10.9. The number of carbonyl (C=O) groups is 7. The topological polar surface area (TPSA) is 179 Å². The molecule has 5 unspecified atom stereocenters. The van der Waals surface area contributed by atoms with Gasteiger partial charge in [0.2, 0.25) is 0 Å². The predicted molar refractivity (Wildman–Crippen MR) is 270 cm³/mol. The van der Waals surface area contributed by atoms with Crippen LogP contribution in [-0.2, 0) is 59.1 Å². The molecule has 67 heavy (non-hydrogen) atoms. The van der Waals surface area contributed by atoms with Gasteiger partial charge in [-0.3, -0.25) is 33.6 Å². The summed E-state index contributed by atoms with van der Waals surface area (Å²) in [5.74, 6) is -1.28. The number of ether oxygens (including phenoxy) is 3. The monoisotopic (exact) mass is 1410 g/mol. The van der Waals surface area contributed by atoms with E-state index in [1.807, 2.05) is 134 Å². The molecule has 5 atom stereocenters. The Morgan fingerprint density at radius 1 is 0.582 bits per heavy atom. The molecule has 0 bridgehead atoms. The molecule has 17 heteroatoms. The first-order valence-corrected chi connectivity index (χ1v) is 24.0. The second kappa shape index (κ2) is 45.0. The summed E-state index contributed by atoms with van der Waals surface area (Å²) in [6, 6.07) is 25.0. The van der Waals surface area contributed by atoms with Crippen molar-refractivity contribution < 1.29 is 197 Å². The summed E-state index contributed by atoms with van der Waals surface area (Å²) >= 11 is 8.88. The minimum absolute atomic E-state index is 0. The van der Waals surface area contributed by atoms with Gasteiger partial charge in [0, 0.05) is 31.6 Å². The maximum Gasteiger partial charge on any atom is 1.00 e. The molecule has 0 saturated carbocycles. The fraction of sp³-hybridized carbons (Fsp3) is 0.500. The summed E-state index contributed by atoms with van der Waals surface area (Å²) in [5.41, 5.74) is 2.96. The van der Waals surface area contributed by atoms with Crippen LogP contribution in [0.1, 0.15) is 133 Å². The Morgan fingerprint density at radius 3 is 1.18 bits per heavy atom. The van der Waals surface area contributed by atoms with Crippen molar-refractivity contribution in [2.75, 3.05) is 4.43 Å². The predicted octanol–water partition coefficient (Wildman–Crippen LogP) is 5.22. The van der Waals surface area contributed by atoms with E-state index in [2.05, 4.69) is 59.3 Å². The Labute approximate surface area is 550 Å². The van der Waals surface area contributed by atoms with Crippen molar-refractivity contribution in [1.29, 1.82) is 0 Å². The largest absolute Gasteiger partial charge is 1.00 e. The van der Waals surface area contributed by atoms with Gasteiger partial charge in [0.25, 0.3) is 6.47 Å². The third kappa shape index (κ3) is 39.5. The summed E-state index contributed by atoms with van der Waals surface area (Å²) in [6.45, 7) is 21.0. The number of Topliss-reactive ketones (excluding diaryl/α,β-unsaturated/α-hetero) is 3. The number of esters is 3. The van der Waals surface area contributed by atoms with Crippen LogP contribution >= 0.6 is 54.5 Å². The third-order valence-electron chi connectivity index (χ3n) is 8.53. The molecule has 3 rings (SSSR count). The Morgan fingerprint density at radius 2 is 0.896 bits per heavy atom. The number of hydrogen-bond acceptors (Lipinski definition) is 12. The molecule has 0 aromatic heterocycles. The van der Waals surface area contributed by atoms with E-state index in [0.717, 1.165) is 30.1 Å². The van der Waals surface area contributed by atoms with Crippen molar-refractivity contribution in [3.05, 3.63) is 104 Å². The number of rotatable bonds is 18.